The lowest BCUT2D eigenvalue weighted by Gasteiger charge is -2.34. The number of hydrogen-bond donors (Lipinski definition) is 0. The third-order valence-electron chi connectivity index (χ3n) is 5.31. The number of pyridine rings is 1. The van der Waals surface area contributed by atoms with Crippen molar-refractivity contribution in [2.24, 2.45) is 0 Å². The predicted octanol–water partition coefficient (Wildman–Crippen LogP) is 4.01. The molecule has 1 fully saturated rings. The van der Waals surface area contributed by atoms with E-state index >= 15 is 0 Å². The quantitative estimate of drug-likeness (QED) is 0.672. The number of aromatic nitrogens is 1. The molecule has 3 aromatic rings. The molecular formula is C23H23N3O3. The molecular weight excluding hydrogens is 366 g/mol. The van der Waals surface area contributed by atoms with Crippen LogP contribution in [0.2, 0.25) is 0 Å². The van der Waals surface area contributed by atoms with Crippen molar-refractivity contribution in [1.82, 2.24) is 4.98 Å². The standard InChI is InChI=1S/C23H23N3O3/c1-15-4-6-16(7-5-15)22-14-26(8-9-29-22)23-19-11-21(28-3)20(27-2)10-18(19)17(12-24)13-25-23/h4-7,10-11,13,22H,8-9,14H2,1-3H3/t22-/m0/s1. The molecule has 2 heterocycles. The van der Waals surface area contributed by atoms with Crippen molar-refractivity contribution in [1.29, 1.82) is 5.26 Å². The monoisotopic (exact) mass is 389 g/mol. The highest BCUT2D eigenvalue weighted by molar-refractivity contribution is 5.98. The van der Waals surface area contributed by atoms with Crippen LogP contribution in [0.5, 0.6) is 11.5 Å². The maximum absolute atomic E-state index is 9.54. The average Bonchev–Trinajstić information content (AvgIpc) is 2.77. The molecule has 1 atom stereocenters. The van der Waals surface area contributed by atoms with Gasteiger partial charge in [-0.15, -0.1) is 0 Å². The van der Waals surface area contributed by atoms with Crippen molar-refractivity contribution in [2.75, 3.05) is 38.8 Å². The van der Waals surface area contributed by atoms with Crippen LogP contribution in [-0.4, -0.2) is 38.9 Å². The van der Waals surface area contributed by atoms with Crippen molar-refractivity contribution in [2.45, 2.75) is 13.0 Å². The minimum Gasteiger partial charge on any atom is -0.493 e. The second-order valence-electron chi connectivity index (χ2n) is 7.08. The van der Waals surface area contributed by atoms with Crippen molar-refractivity contribution < 1.29 is 14.2 Å². The molecule has 0 unspecified atom stereocenters. The van der Waals surface area contributed by atoms with Gasteiger partial charge in [-0.2, -0.15) is 5.26 Å². The summed E-state index contributed by atoms with van der Waals surface area (Å²) in [5.41, 5.74) is 2.88. The second kappa shape index (κ2) is 7.98. The number of hydrogen-bond acceptors (Lipinski definition) is 6. The van der Waals surface area contributed by atoms with Crippen molar-refractivity contribution in [3.63, 3.8) is 0 Å². The fraction of sp³-hybridized carbons (Fsp3) is 0.304. The molecule has 1 aromatic heterocycles. The maximum Gasteiger partial charge on any atom is 0.161 e. The van der Waals surface area contributed by atoms with Gasteiger partial charge in [0.15, 0.2) is 11.5 Å². The SMILES string of the molecule is COc1cc2c(C#N)cnc(N3CCO[C@H](c4ccc(C)cc4)C3)c2cc1OC. The van der Waals surface area contributed by atoms with E-state index in [1.807, 2.05) is 12.1 Å². The molecule has 6 heteroatoms. The van der Waals surface area contributed by atoms with Gasteiger partial charge in [-0.1, -0.05) is 29.8 Å². The van der Waals surface area contributed by atoms with E-state index in [9.17, 15) is 5.26 Å². The largest absolute Gasteiger partial charge is 0.493 e. The van der Waals surface area contributed by atoms with Gasteiger partial charge in [0.1, 0.15) is 18.0 Å². The third-order valence-corrected chi connectivity index (χ3v) is 5.31. The minimum atomic E-state index is -0.0306. The second-order valence-corrected chi connectivity index (χ2v) is 7.08. The number of rotatable bonds is 4. The first-order chi connectivity index (χ1) is 14.1. The molecule has 0 N–H and O–H groups in total. The van der Waals surface area contributed by atoms with E-state index in [1.165, 1.54) is 5.56 Å². The van der Waals surface area contributed by atoms with Gasteiger partial charge in [0.2, 0.25) is 0 Å². The van der Waals surface area contributed by atoms with Gasteiger partial charge in [0.05, 0.1) is 26.4 Å². The topological polar surface area (TPSA) is 67.6 Å². The number of morpholine rings is 1. The Labute approximate surface area is 170 Å². The summed E-state index contributed by atoms with van der Waals surface area (Å²) in [7, 11) is 3.19. The Morgan fingerprint density at radius 2 is 1.79 bits per heavy atom. The van der Waals surface area contributed by atoms with Gasteiger partial charge in [-0.3, -0.25) is 0 Å². The Bertz CT molecular complexity index is 1070. The van der Waals surface area contributed by atoms with Gasteiger partial charge >= 0.3 is 0 Å². The summed E-state index contributed by atoms with van der Waals surface area (Å²) in [4.78, 5) is 6.84. The van der Waals surface area contributed by atoms with Crippen LogP contribution in [0, 0.1) is 18.3 Å². The lowest BCUT2D eigenvalue weighted by molar-refractivity contribution is 0.0396. The highest BCUT2D eigenvalue weighted by Gasteiger charge is 2.25. The van der Waals surface area contributed by atoms with E-state index in [0.717, 1.165) is 28.7 Å². The molecule has 148 valence electrons. The number of benzene rings is 2. The fourth-order valence-corrected chi connectivity index (χ4v) is 3.72. The lowest BCUT2D eigenvalue weighted by Crippen LogP contribution is -2.39. The van der Waals surface area contributed by atoms with Crippen LogP contribution in [-0.2, 0) is 4.74 Å². The zero-order valence-corrected chi connectivity index (χ0v) is 16.8. The molecule has 0 amide bonds. The lowest BCUT2D eigenvalue weighted by atomic mass is 10.0. The van der Waals surface area contributed by atoms with Gasteiger partial charge in [-0.05, 0) is 24.6 Å². The van der Waals surface area contributed by atoms with Gasteiger partial charge in [-0.25, -0.2) is 4.98 Å². The third kappa shape index (κ3) is 3.57. The van der Waals surface area contributed by atoms with Crippen molar-refractivity contribution in [3.8, 4) is 17.6 Å². The number of anilines is 1. The maximum atomic E-state index is 9.54. The van der Waals surface area contributed by atoms with Gasteiger partial charge < -0.3 is 19.1 Å². The number of ether oxygens (including phenoxy) is 3. The number of fused-ring (bicyclic) bond motifs is 1. The molecule has 1 saturated heterocycles. The summed E-state index contributed by atoms with van der Waals surface area (Å²) in [6, 6.07) is 14.4. The van der Waals surface area contributed by atoms with E-state index < -0.39 is 0 Å². The van der Waals surface area contributed by atoms with E-state index in [2.05, 4.69) is 47.1 Å². The molecule has 1 aliphatic heterocycles. The van der Waals surface area contributed by atoms with E-state index in [4.69, 9.17) is 14.2 Å². The first kappa shape index (κ1) is 19.0. The van der Waals surface area contributed by atoms with E-state index in [1.54, 1.807) is 20.4 Å². The van der Waals surface area contributed by atoms with Crippen molar-refractivity contribution in [3.05, 3.63) is 59.3 Å². The molecule has 0 bridgehead atoms. The zero-order chi connectivity index (χ0) is 20.4. The van der Waals surface area contributed by atoms with Crippen LogP contribution in [0.4, 0.5) is 5.82 Å². The zero-order valence-electron chi connectivity index (χ0n) is 16.8. The smallest absolute Gasteiger partial charge is 0.161 e. The summed E-state index contributed by atoms with van der Waals surface area (Å²) < 4.78 is 16.9. The highest BCUT2D eigenvalue weighted by atomic mass is 16.5. The van der Waals surface area contributed by atoms with Crippen molar-refractivity contribution >= 4 is 16.6 Å². The highest BCUT2D eigenvalue weighted by Crippen LogP contribution is 2.38. The number of aryl methyl sites for hydroxylation is 1. The molecule has 0 saturated carbocycles. The first-order valence-corrected chi connectivity index (χ1v) is 9.52. The molecule has 2 aromatic carbocycles. The van der Waals surface area contributed by atoms with Crippen LogP contribution >= 0.6 is 0 Å². The summed E-state index contributed by atoms with van der Waals surface area (Å²) in [5.74, 6) is 2.02. The Hall–Kier alpha value is -3.30. The first-order valence-electron chi connectivity index (χ1n) is 9.52. The van der Waals surface area contributed by atoms with Crippen LogP contribution < -0.4 is 14.4 Å². The normalized spacial score (nSPS) is 16.5. The van der Waals surface area contributed by atoms with Crippen LogP contribution in [0.15, 0.2) is 42.6 Å². The van der Waals surface area contributed by atoms with Crippen LogP contribution in [0.1, 0.15) is 22.8 Å². The minimum absolute atomic E-state index is 0.0306. The predicted molar refractivity (Wildman–Crippen MR) is 112 cm³/mol. The summed E-state index contributed by atoms with van der Waals surface area (Å²) >= 11 is 0. The average molecular weight is 389 g/mol. The number of methoxy groups -OCH3 is 2. The molecule has 4 rings (SSSR count). The van der Waals surface area contributed by atoms with Crippen LogP contribution in [0.25, 0.3) is 10.8 Å². The Kier molecular flexibility index (Phi) is 5.24. The molecule has 6 nitrogen and oxygen atoms in total. The number of nitrogens with zero attached hydrogens (tertiary/aromatic N) is 3. The Balaban J connectivity index is 1.76. The summed E-state index contributed by atoms with van der Waals surface area (Å²) in [5, 5.41) is 11.2. The summed E-state index contributed by atoms with van der Waals surface area (Å²) in [6.07, 6.45) is 1.59. The molecule has 0 radical (unpaired) electrons. The van der Waals surface area contributed by atoms with E-state index in [0.29, 0.717) is 30.2 Å². The molecule has 29 heavy (non-hydrogen) atoms. The van der Waals surface area contributed by atoms with Gasteiger partial charge in [0.25, 0.3) is 0 Å². The fourth-order valence-electron chi connectivity index (χ4n) is 3.72. The summed E-state index contributed by atoms with van der Waals surface area (Å²) in [6.45, 7) is 4.09. The molecule has 0 aliphatic carbocycles. The molecule has 0 spiro atoms. The van der Waals surface area contributed by atoms with Crippen LogP contribution in [0.3, 0.4) is 0 Å². The Morgan fingerprint density at radius 1 is 1.10 bits per heavy atom. The number of nitriles is 1. The Morgan fingerprint density at radius 3 is 2.45 bits per heavy atom. The van der Waals surface area contributed by atoms with E-state index in [-0.39, 0.29) is 6.10 Å². The molecule has 1 aliphatic rings. The van der Waals surface area contributed by atoms with Gasteiger partial charge in [0, 0.05) is 30.1 Å².